The van der Waals surface area contributed by atoms with Gasteiger partial charge in [-0.15, -0.1) is 11.3 Å². The molecule has 24 heavy (non-hydrogen) atoms. The lowest BCUT2D eigenvalue weighted by atomic mass is 10.1. The monoisotopic (exact) mass is 347 g/mol. The summed E-state index contributed by atoms with van der Waals surface area (Å²) in [5, 5.41) is 8.46. The number of aromatic nitrogens is 1. The summed E-state index contributed by atoms with van der Waals surface area (Å²) in [6.07, 6.45) is 2.54. The van der Waals surface area contributed by atoms with E-state index in [1.807, 2.05) is 23.6 Å². The Labute approximate surface area is 145 Å². The Bertz CT molecular complexity index is 713. The van der Waals surface area contributed by atoms with E-state index in [1.165, 1.54) is 24.2 Å². The van der Waals surface area contributed by atoms with Gasteiger partial charge in [-0.2, -0.15) is 0 Å². The smallest absolute Gasteiger partial charge is 0.240 e. The van der Waals surface area contributed by atoms with E-state index in [0.29, 0.717) is 17.4 Å². The minimum absolute atomic E-state index is 0.0749. The van der Waals surface area contributed by atoms with Gasteiger partial charge in [0.25, 0.3) is 0 Å². The summed E-state index contributed by atoms with van der Waals surface area (Å²) in [7, 11) is 3.23. The molecule has 7 heteroatoms. The molecule has 0 spiro atoms. The van der Waals surface area contributed by atoms with Crippen LogP contribution in [0.1, 0.15) is 12.8 Å². The number of benzene rings is 1. The maximum Gasteiger partial charge on any atom is 0.240 e. The summed E-state index contributed by atoms with van der Waals surface area (Å²) >= 11 is 1.39. The van der Waals surface area contributed by atoms with E-state index in [0.717, 1.165) is 29.5 Å². The Kier molecular flexibility index (Phi) is 5.32. The van der Waals surface area contributed by atoms with Crippen molar-refractivity contribution in [1.29, 1.82) is 0 Å². The SMILES string of the molecule is COc1ccc(OC)c(-c2csc(NC(=O)CNCC3CC3)n2)c1. The van der Waals surface area contributed by atoms with Crippen molar-refractivity contribution in [2.75, 3.05) is 32.6 Å². The maximum absolute atomic E-state index is 11.9. The largest absolute Gasteiger partial charge is 0.497 e. The molecule has 0 bridgehead atoms. The van der Waals surface area contributed by atoms with Gasteiger partial charge < -0.3 is 20.1 Å². The highest BCUT2D eigenvalue weighted by Crippen LogP contribution is 2.35. The van der Waals surface area contributed by atoms with E-state index < -0.39 is 0 Å². The average molecular weight is 347 g/mol. The third-order valence-corrected chi connectivity index (χ3v) is 4.61. The van der Waals surface area contributed by atoms with Crippen molar-refractivity contribution in [3.8, 4) is 22.8 Å². The first-order valence-electron chi connectivity index (χ1n) is 7.88. The topological polar surface area (TPSA) is 72.5 Å². The van der Waals surface area contributed by atoms with E-state index in [2.05, 4.69) is 15.6 Å². The molecule has 1 aromatic heterocycles. The van der Waals surface area contributed by atoms with E-state index in [1.54, 1.807) is 14.2 Å². The third-order valence-electron chi connectivity index (χ3n) is 3.85. The summed E-state index contributed by atoms with van der Waals surface area (Å²) < 4.78 is 10.6. The lowest BCUT2D eigenvalue weighted by Gasteiger charge is -2.08. The molecule has 0 radical (unpaired) electrons. The van der Waals surface area contributed by atoms with Gasteiger partial charge in [-0.1, -0.05) is 0 Å². The number of ether oxygens (including phenoxy) is 2. The second-order valence-electron chi connectivity index (χ2n) is 5.73. The summed E-state index contributed by atoms with van der Waals surface area (Å²) in [5.41, 5.74) is 1.58. The summed E-state index contributed by atoms with van der Waals surface area (Å²) in [6.45, 7) is 1.23. The lowest BCUT2D eigenvalue weighted by molar-refractivity contribution is -0.115. The van der Waals surface area contributed by atoms with Crippen LogP contribution in [-0.4, -0.2) is 38.2 Å². The number of hydrogen-bond acceptors (Lipinski definition) is 6. The zero-order chi connectivity index (χ0) is 16.9. The van der Waals surface area contributed by atoms with Gasteiger partial charge in [-0.05, 0) is 43.5 Å². The molecule has 6 nitrogen and oxygen atoms in total. The minimum Gasteiger partial charge on any atom is -0.497 e. The molecular weight excluding hydrogens is 326 g/mol. The molecule has 1 aromatic carbocycles. The van der Waals surface area contributed by atoms with E-state index in [-0.39, 0.29) is 5.91 Å². The highest BCUT2D eigenvalue weighted by atomic mass is 32.1. The number of thiazole rings is 1. The first kappa shape index (κ1) is 16.7. The molecule has 1 aliphatic rings. The van der Waals surface area contributed by atoms with Crippen molar-refractivity contribution in [3.05, 3.63) is 23.6 Å². The lowest BCUT2D eigenvalue weighted by Crippen LogP contribution is -2.29. The van der Waals surface area contributed by atoms with Gasteiger partial charge in [-0.3, -0.25) is 4.79 Å². The zero-order valence-corrected chi connectivity index (χ0v) is 14.6. The molecule has 2 N–H and O–H groups in total. The quantitative estimate of drug-likeness (QED) is 0.768. The summed E-state index contributed by atoms with van der Waals surface area (Å²) in [5.74, 6) is 2.12. The number of nitrogens with one attached hydrogen (secondary N) is 2. The Morgan fingerprint density at radius 2 is 2.17 bits per heavy atom. The van der Waals surface area contributed by atoms with Crippen molar-refractivity contribution >= 4 is 22.4 Å². The molecule has 1 aliphatic carbocycles. The predicted molar refractivity (Wildman–Crippen MR) is 94.9 cm³/mol. The first-order valence-corrected chi connectivity index (χ1v) is 8.76. The number of anilines is 1. The van der Waals surface area contributed by atoms with Gasteiger partial charge >= 0.3 is 0 Å². The molecule has 2 aromatic rings. The van der Waals surface area contributed by atoms with Crippen LogP contribution in [0.15, 0.2) is 23.6 Å². The molecule has 1 heterocycles. The fourth-order valence-electron chi connectivity index (χ4n) is 2.34. The fourth-order valence-corrected chi connectivity index (χ4v) is 3.07. The molecule has 0 aliphatic heterocycles. The van der Waals surface area contributed by atoms with Gasteiger partial charge in [0.15, 0.2) is 5.13 Å². The van der Waals surface area contributed by atoms with Crippen molar-refractivity contribution in [2.24, 2.45) is 5.92 Å². The van der Waals surface area contributed by atoms with E-state index in [4.69, 9.17) is 9.47 Å². The van der Waals surface area contributed by atoms with Crippen LogP contribution >= 0.6 is 11.3 Å². The van der Waals surface area contributed by atoms with Crippen molar-refractivity contribution in [2.45, 2.75) is 12.8 Å². The molecule has 1 saturated carbocycles. The van der Waals surface area contributed by atoms with Crippen LogP contribution in [-0.2, 0) is 4.79 Å². The fraction of sp³-hybridized carbons (Fsp3) is 0.412. The number of rotatable bonds is 8. The Hall–Kier alpha value is -2.12. The second-order valence-corrected chi connectivity index (χ2v) is 6.58. The van der Waals surface area contributed by atoms with Crippen LogP contribution in [0.2, 0.25) is 0 Å². The number of amides is 1. The van der Waals surface area contributed by atoms with Crippen LogP contribution in [0.3, 0.4) is 0 Å². The van der Waals surface area contributed by atoms with Gasteiger partial charge in [0.2, 0.25) is 5.91 Å². The molecule has 0 saturated heterocycles. The molecule has 0 atom stereocenters. The molecule has 128 valence electrons. The van der Waals surface area contributed by atoms with Crippen molar-refractivity contribution in [1.82, 2.24) is 10.3 Å². The van der Waals surface area contributed by atoms with Crippen molar-refractivity contribution < 1.29 is 14.3 Å². The maximum atomic E-state index is 11.9. The van der Waals surface area contributed by atoms with E-state index in [9.17, 15) is 4.79 Å². The average Bonchev–Trinajstić information content (AvgIpc) is 3.31. The van der Waals surface area contributed by atoms with Gasteiger partial charge in [0, 0.05) is 10.9 Å². The second kappa shape index (κ2) is 7.63. The molecule has 1 fully saturated rings. The Morgan fingerprint density at radius 3 is 2.88 bits per heavy atom. The van der Waals surface area contributed by atoms with Crippen molar-refractivity contribution in [3.63, 3.8) is 0 Å². The van der Waals surface area contributed by atoms with Crippen LogP contribution < -0.4 is 20.1 Å². The normalized spacial score (nSPS) is 13.6. The standard InChI is InChI=1S/C17H21N3O3S/c1-22-12-5-6-15(23-2)13(7-12)14-10-24-17(19-14)20-16(21)9-18-8-11-3-4-11/h5-7,10-11,18H,3-4,8-9H2,1-2H3,(H,19,20,21). The Morgan fingerprint density at radius 1 is 1.33 bits per heavy atom. The molecule has 1 amide bonds. The number of methoxy groups -OCH3 is 2. The zero-order valence-electron chi connectivity index (χ0n) is 13.8. The molecular formula is C17H21N3O3S. The first-order chi connectivity index (χ1) is 11.7. The van der Waals surface area contributed by atoms with Gasteiger partial charge in [0.1, 0.15) is 11.5 Å². The minimum atomic E-state index is -0.0749. The number of nitrogens with zero attached hydrogens (tertiary/aromatic N) is 1. The summed E-state index contributed by atoms with van der Waals surface area (Å²) in [4.78, 5) is 16.4. The molecule has 3 rings (SSSR count). The van der Waals surface area contributed by atoms with Crippen LogP contribution in [0.4, 0.5) is 5.13 Å². The highest BCUT2D eigenvalue weighted by molar-refractivity contribution is 7.14. The number of carbonyl (C=O) groups is 1. The number of hydrogen-bond donors (Lipinski definition) is 2. The van der Waals surface area contributed by atoms with Gasteiger partial charge in [0.05, 0.1) is 26.5 Å². The number of carbonyl (C=O) groups excluding carboxylic acids is 1. The van der Waals surface area contributed by atoms with Crippen LogP contribution in [0, 0.1) is 5.92 Å². The van der Waals surface area contributed by atoms with Crippen LogP contribution in [0.25, 0.3) is 11.3 Å². The predicted octanol–water partition coefficient (Wildman–Crippen LogP) is 2.77. The summed E-state index contributed by atoms with van der Waals surface area (Å²) in [6, 6.07) is 5.55. The van der Waals surface area contributed by atoms with E-state index >= 15 is 0 Å². The van der Waals surface area contributed by atoms with Crippen LogP contribution in [0.5, 0.6) is 11.5 Å². The Balaban J connectivity index is 1.65. The molecule has 0 unspecified atom stereocenters. The van der Waals surface area contributed by atoms with Gasteiger partial charge in [-0.25, -0.2) is 4.98 Å². The highest BCUT2D eigenvalue weighted by Gasteiger charge is 2.20. The third kappa shape index (κ3) is 4.24.